The van der Waals surface area contributed by atoms with Gasteiger partial charge < -0.3 is 39.3 Å². The maximum Gasteiger partial charge on any atom is 0.431 e. The molecule has 4 N–H and O–H groups in total. The van der Waals surface area contributed by atoms with E-state index in [1.165, 1.54) is 23.7 Å². The Kier molecular flexibility index (Phi) is 24.8. The molecule has 18 nitrogen and oxygen atoms in total. The minimum absolute atomic E-state index is 0.0104. The van der Waals surface area contributed by atoms with E-state index in [1.54, 1.807) is 52.0 Å². The van der Waals surface area contributed by atoms with E-state index in [2.05, 4.69) is 13.8 Å². The molecule has 0 bridgehead atoms. The summed E-state index contributed by atoms with van der Waals surface area (Å²) in [5, 5.41) is 8.29. The van der Waals surface area contributed by atoms with Crippen molar-refractivity contribution in [1.29, 1.82) is 0 Å². The second-order valence-electron chi connectivity index (χ2n) is 16.5. The van der Waals surface area contributed by atoms with Crippen LogP contribution in [0.1, 0.15) is 87.0 Å². The summed E-state index contributed by atoms with van der Waals surface area (Å²) in [5.74, 6) is -1.76. The summed E-state index contributed by atoms with van der Waals surface area (Å²) >= 11 is 22.8. The number of alkyl halides is 6. The number of esters is 1. The molecule has 3 heterocycles. The summed E-state index contributed by atoms with van der Waals surface area (Å²) in [6.07, 6.45) is -2.27. The van der Waals surface area contributed by atoms with Crippen LogP contribution in [-0.4, -0.2) is 110 Å². The average molecular weight is 1120 g/mol. The van der Waals surface area contributed by atoms with Crippen LogP contribution >= 0.6 is 53.8 Å². The van der Waals surface area contributed by atoms with Gasteiger partial charge in [0.15, 0.2) is 12.2 Å². The molecule has 5 rings (SSSR count). The molecule has 1 saturated heterocycles. The first kappa shape index (κ1) is 63.4. The second-order valence-corrected chi connectivity index (χ2v) is 20.8. The number of carbonyl (C=O) groups excluding carboxylic acids is 3. The predicted molar refractivity (Wildman–Crippen MR) is 268 cm³/mol. The lowest BCUT2D eigenvalue weighted by molar-refractivity contribution is -0.145. The topological polar surface area (TPSA) is 243 Å². The Hall–Kier alpha value is -4.70. The Bertz CT molecular complexity index is 2620. The minimum Gasteiger partial charge on any atom is -0.480 e. The van der Waals surface area contributed by atoms with E-state index in [0.29, 0.717) is 27.5 Å². The van der Waals surface area contributed by atoms with Gasteiger partial charge in [0.2, 0.25) is 5.91 Å². The lowest BCUT2D eigenvalue weighted by Gasteiger charge is -2.29. The summed E-state index contributed by atoms with van der Waals surface area (Å²) < 4.78 is 71.4. The molecule has 2 amide bonds. The molecule has 26 heteroatoms. The summed E-state index contributed by atoms with van der Waals surface area (Å²) in [6.45, 7) is 12.8. The number of carbonyl (C=O) groups is 4. The number of aryl methyl sites for hydroxylation is 2. The molecule has 2 aromatic carbocycles. The van der Waals surface area contributed by atoms with Crippen molar-refractivity contribution >= 4 is 83.2 Å². The number of nitrogens with two attached hydrogens (primary N) is 1. The van der Waals surface area contributed by atoms with Crippen LogP contribution in [0.15, 0.2) is 74.9 Å². The number of ether oxygens (including phenoxy) is 3. The number of furan rings is 1. The summed E-state index contributed by atoms with van der Waals surface area (Å²) in [6, 6.07) is 12.6. The first-order valence-corrected chi connectivity index (χ1v) is 25.9. The monoisotopic (exact) mass is 1120 g/mol. The van der Waals surface area contributed by atoms with Gasteiger partial charge in [-0.3, -0.25) is 33.2 Å². The van der Waals surface area contributed by atoms with Crippen molar-refractivity contribution in [2.24, 2.45) is 12.8 Å². The number of para-hydroxylation sites is 1. The number of amides is 2. The highest BCUT2D eigenvalue weighted by Gasteiger charge is 2.45. The fourth-order valence-electron chi connectivity index (χ4n) is 6.68. The standard InChI is InChI=1S/C16H14ClF3N2O4.C14H20ClNO2.C11H13Cl2NO3.C5H12NO4P/c1-8(2)26-14(24)10-6-9(4-5-11(10)17)22-13(23)7-12(16(18,19)20)21(3)15(22)25;1-4-11-7-6-8-12(5-2)14(11)16(10-18-3)13(17)9-15;1-11(2)14(10(15)9(12)13)6-8(17-11)7-4-3-5-16-7;1-11(9,10)3-2-4(6)5(7)8/h4-8H,1-3H3;6-8H,4-5,9-10H2,1-3H3;3-5,8-9H,6H2,1-2H3;4H,2-3,6H2,1H3,(H,7,8)(H,9,10). The van der Waals surface area contributed by atoms with Crippen molar-refractivity contribution < 1.29 is 65.5 Å². The molecular weight excluding hydrogens is 1060 g/mol. The molecule has 1 fully saturated rings. The van der Waals surface area contributed by atoms with E-state index in [0.717, 1.165) is 42.8 Å². The molecule has 1 aliphatic rings. The number of aromatic nitrogens is 2. The number of carboxylic acids is 1. The maximum atomic E-state index is 12.9. The summed E-state index contributed by atoms with van der Waals surface area (Å²) in [7, 11) is -0.631. The summed E-state index contributed by atoms with van der Waals surface area (Å²) in [5.41, 5.74) is 3.59. The fourth-order valence-corrected chi connectivity index (χ4v) is 8.01. The van der Waals surface area contributed by atoms with Gasteiger partial charge in [0.1, 0.15) is 41.9 Å². The number of hydrogen-bond donors (Lipinski definition) is 3. The van der Waals surface area contributed by atoms with Crippen LogP contribution in [0.3, 0.4) is 0 Å². The van der Waals surface area contributed by atoms with E-state index < -0.39 is 65.1 Å². The zero-order valence-corrected chi connectivity index (χ0v) is 44.8. The normalized spacial score (nSPS) is 15.2. The fraction of sp³-hybridized carbons (Fsp3) is 0.478. The lowest BCUT2D eigenvalue weighted by Crippen LogP contribution is -2.45. The zero-order chi connectivity index (χ0) is 55.1. The van der Waals surface area contributed by atoms with Crippen LogP contribution in [0.4, 0.5) is 18.9 Å². The molecule has 0 saturated carbocycles. The van der Waals surface area contributed by atoms with Crippen LogP contribution in [0.2, 0.25) is 5.02 Å². The van der Waals surface area contributed by atoms with Crippen molar-refractivity contribution in [3.8, 4) is 5.69 Å². The van der Waals surface area contributed by atoms with Gasteiger partial charge in [-0.25, -0.2) is 14.2 Å². The number of anilines is 1. The van der Waals surface area contributed by atoms with Crippen LogP contribution < -0.4 is 21.9 Å². The Labute approximate surface area is 434 Å². The Balaban J connectivity index is 0.000000343. The predicted octanol–water partition coefficient (Wildman–Crippen LogP) is 8.17. The molecule has 2 aromatic heterocycles. The molecule has 0 radical (unpaired) electrons. The number of rotatable bonds is 15. The average Bonchev–Trinajstić information content (AvgIpc) is 3.95. The highest BCUT2D eigenvalue weighted by molar-refractivity contribution is 7.57. The van der Waals surface area contributed by atoms with Gasteiger partial charge in [0.05, 0.1) is 40.9 Å². The van der Waals surface area contributed by atoms with E-state index in [4.69, 9.17) is 80.8 Å². The van der Waals surface area contributed by atoms with Gasteiger partial charge in [0, 0.05) is 33.1 Å². The molecular formula is C46H59Cl4F3N5O13P. The number of benzene rings is 2. The number of halogens is 7. The van der Waals surface area contributed by atoms with Crippen LogP contribution in [0.25, 0.3) is 5.69 Å². The van der Waals surface area contributed by atoms with Crippen molar-refractivity contribution in [2.45, 2.75) is 95.8 Å². The third-order valence-electron chi connectivity index (χ3n) is 10.2. The number of hydrogen-bond acceptors (Lipinski definition) is 12. The van der Waals surface area contributed by atoms with E-state index in [-0.39, 0.29) is 59.4 Å². The number of carboxylic acid groups (broad SMARTS) is 1. The van der Waals surface area contributed by atoms with E-state index >= 15 is 0 Å². The lowest BCUT2D eigenvalue weighted by atomic mass is 10.0. The molecule has 0 spiro atoms. The van der Waals surface area contributed by atoms with Crippen LogP contribution in [-0.2, 0) is 59.2 Å². The van der Waals surface area contributed by atoms with Crippen molar-refractivity contribution in [3.05, 3.63) is 115 Å². The van der Waals surface area contributed by atoms with E-state index in [9.17, 15) is 46.5 Å². The molecule has 1 aliphatic heterocycles. The van der Waals surface area contributed by atoms with Crippen molar-refractivity contribution in [1.82, 2.24) is 14.0 Å². The number of methoxy groups -OCH3 is 1. The molecule has 400 valence electrons. The molecule has 3 unspecified atom stereocenters. The minimum atomic E-state index is -4.86. The van der Waals surface area contributed by atoms with Gasteiger partial charge in [0.25, 0.3) is 11.5 Å². The van der Waals surface area contributed by atoms with Gasteiger partial charge in [-0.2, -0.15) is 13.2 Å². The first-order valence-electron chi connectivity index (χ1n) is 21.8. The summed E-state index contributed by atoms with van der Waals surface area (Å²) in [4.78, 5) is 81.2. The Morgan fingerprint density at radius 1 is 1.03 bits per heavy atom. The smallest absolute Gasteiger partial charge is 0.431 e. The highest BCUT2D eigenvalue weighted by atomic mass is 35.5. The van der Waals surface area contributed by atoms with Crippen molar-refractivity contribution in [3.63, 3.8) is 0 Å². The molecule has 72 heavy (non-hydrogen) atoms. The van der Waals surface area contributed by atoms with E-state index in [1.807, 2.05) is 24.3 Å². The number of nitrogens with zero attached hydrogens (tertiary/aromatic N) is 4. The Morgan fingerprint density at radius 2 is 1.62 bits per heavy atom. The van der Waals surface area contributed by atoms with Gasteiger partial charge in [-0.1, -0.05) is 66.8 Å². The van der Waals surface area contributed by atoms with Gasteiger partial charge in [-0.15, -0.1) is 11.6 Å². The zero-order valence-electron chi connectivity index (χ0n) is 40.9. The van der Waals surface area contributed by atoms with Crippen LogP contribution in [0, 0.1) is 0 Å². The third kappa shape index (κ3) is 18.3. The molecule has 3 atom stereocenters. The second kappa shape index (κ2) is 28.1. The quantitative estimate of drug-likeness (QED) is 0.0440. The molecule has 0 aliphatic carbocycles. The van der Waals surface area contributed by atoms with Gasteiger partial charge in [-0.05, 0) is 88.4 Å². The van der Waals surface area contributed by atoms with Gasteiger partial charge >= 0.3 is 23.8 Å². The number of aliphatic carboxylic acids is 1. The van der Waals surface area contributed by atoms with Crippen LogP contribution in [0.5, 0.6) is 0 Å². The van der Waals surface area contributed by atoms with Crippen molar-refractivity contribution in [2.75, 3.05) is 44.0 Å². The Morgan fingerprint density at radius 3 is 2.08 bits per heavy atom. The largest absolute Gasteiger partial charge is 0.480 e. The first-order chi connectivity index (χ1) is 33.4. The third-order valence-corrected chi connectivity index (χ3v) is 12.2. The SMILES string of the molecule is CC(C)OC(=O)c1cc(-n2c(=O)cc(C(F)(F)F)n(C)c2=O)ccc1Cl.CC1(C)OC(c2ccco2)CN1C(=O)C(Cl)Cl.CCc1cccc(CC)c1N(COC)C(=O)CCl.CP(=O)(O)CCC(N)C(=O)O. The maximum absolute atomic E-state index is 12.9. The highest BCUT2D eigenvalue weighted by Crippen LogP contribution is 2.37. The molecule has 4 aromatic rings.